The van der Waals surface area contributed by atoms with Gasteiger partial charge in [0.05, 0.1) is 68.7 Å². The quantitative estimate of drug-likeness (QED) is 0.00936. The number of nitrogens with one attached hydrogen (secondary N) is 6. The van der Waals surface area contributed by atoms with E-state index >= 15 is 0 Å². The lowest BCUT2D eigenvalue weighted by atomic mass is 9.85. The van der Waals surface area contributed by atoms with E-state index in [0.717, 1.165) is 51.4 Å². The van der Waals surface area contributed by atoms with Crippen molar-refractivity contribution in [2.45, 2.75) is 207 Å². The molecule has 8 N–H and O–H groups in total. The van der Waals surface area contributed by atoms with Gasteiger partial charge in [0, 0.05) is 86.1 Å². The summed E-state index contributed by atoms with van der Waals surface area (Å²) in [7, 11) is 5.82. The zero-order chi connectivity index (χ0) is 74.6. The molecule has 5 atom stereocenters. The summed E-state index contributed by atoms with van der Waals surface area (Å²) < 4.78 is 22.6. The van der Waals surface area contributed by atoms with Gasteiger partial charge >= 0.3 is 0 Å². The topological polar surface area (TPSA) is 356 Å². The molecule has 0 saturated carbocycles. The number of carbonyl (C=O) groups excluding carboxylic acids is 8. The molecule has 4 aromatic carbocycles. The lowest BCUT2D eigenvalue weighted by Crippen LogP contribution is -2.44. The fraction of sp³-hybridized carbons (Fsp3) is 0.512. The van der Waals surface area contributed by atoms with Crippen LogP contribution < -0.4 is 30.0 Å². The molecule has 21 nitrogen and oxygen atoms in total. The Bertz CT molecular complexity index is 3600. The molecule has 1 amide bonds. The number of Topliss-reactive ketones (excluding diaryl/α,β-unsaturated/α-hetero) is 7. The number of ether oxygens (including phenoxy) is 4. The van der Waals surface area contributed by atoms with E-state index in [9.17, 15) is 43.8 Å². The molecule has 4 aromatic rings. The minimum absolute atomic E-state index is 0.0158. The maximum atomic E-state index is 14.7. The average Bonchev–Trinajstić information content (AvgIpc) is 0.826. The number of ketones is 7. The van der Waals surface area contributed by atoms with Gasteiger partial charge < -0.3 is 56.6 Å². The van der Waals surface area contributed by atoms with Gasteiger partial charge in [0.15, 0.2) is 23.1 Å². The van der Waals surface area contributed by atoms with Crippen LogP contribution in [0, 0.1) is 50.7 Å². The second-order valence-electron chi connectivity index (χ2n) is 26.1. The Morgan fingerprint density at radius 1 is 0.535 bits per heavy atom. The first kappa shape index (κ1) is 84.3. The number of rotatable bonds is 54. The van der Waals surface area contributed by atoms with Gasteiger partial charge in [0.1, 0.15) is 46.2 Å². The number of anilines is 1. The van der Waals surface area contributed by atoms with Gasteiger partial charge in [-0.1, -0.05) is 78.2 Å². The van der Waals surface area contributed by atoms with Crippen molar-refractivity contribution < 1.29 is 57.3 Å². The number of nitrogens with two attached hydrogens (primary N) is 1. The number of unbranched alkanes of at least 4 members (excludes halogenated alkanes) is 7. The molecule has 0 aliphatic carbocycles. The molecular formula is C80H109N9O12. The van der Waals surface area contributed by atoms with Crippen LogP contribution >= 0.6 is 0 Å². The molecule has 0 saturated heterocycles. The second kappa shape index (κ2) is 44.9. The molecule has 4 rings (SSSR count). The summed E-state index contributed by atoms with van der Waals surface area (Å²) >= 11 is 0. The first-order valence-corrected chi connectivity index (χ1v) is 35.7. The number of aryl methyl sites for hydroxylation is 1. The molecule has 546 valence electrons. The molecule has 0 aliphatic rings. The number of carbonyl (C=O) groups is 8. The van der Waals surface area contributed by atoms with Crippen LogP contribution in [-0.4, -0.2) is 130 Å². The highest BCUT2D eigenvalue weighted by atomic mass is 16.5. The summed E-state index contributed by atoms with van der Waals surface area (Å²) in [6.07, 6.45) is 12.6. The molecule has 21 heteroatoms. The molecule has 0 heterocycles. The highest BCUT2D eigenvalue weighted by molar-refractivity contribution is 6.43. The molecule has 0 fully saturated rings. The number of amidine groups is 1. The fourth-order valence-corrected chi connectivity index (χ4v) is 12.5. The molecule has 101 heavy (non-hydrogen) atoms. The Balaban J connectivity index is 1.50. The number of hydrogen-bond donors (Lipinski definition) is 7. The Hall–Kier alpha value is -9.11. The van der Waals surface area contributed by atoms with Crippen LogP contribution in [0.1, 0.15) is 242 Å². The first-order valence-electron chi connectivity index (χ1n) is 35.7. The van der Waals surface area contributed by atoms with Crippen LogP contribution in [0.4, 0.5) is 5.69 Å². The van der Waals surface area contributed by atoms with Gasteiger partial charge in [-0.15, -0.1) is 0 Å². The molecule has 5 unspecified atom stereocenters. The maximum absolute atomic E-state index is 14.7. The van der Waals surface area contributed by atoms with Crippen molar-refractivity contribution in [3.05, 3.63) is 112 Å². The average molecular weight is 1390 g/mol. The highest BCUT2D eigenvalue weighted by Crippen LogP contribution is 2.32. The number of nitrogens with zero attached hydrogens (tertiary/aromatic N) is 2. The third-order valence-electron chi connectivity index (χ3n) is 18.5. The predicted octanol–water partition coefficient (Wildman–Crippen LogP) is 15.4. The zero-order valence-electron chi connectivity index (χ0n) is 60.9. The van der Waals surface area contributed by atoms with Crippen LogP contribution in [-0.2, 0) is 36.8 Å². The van der Waals surface area contributed by atoms with E-state index in [1.807, 2.05) is 20.8 Å². The monoisotopic (exact) mass is 1390 g/mol. The molecule has 0 aromatic heterocycles. The lowest BCUT2D eigenvalue weighted by molar-refractivity contribution is -0.123. The summed E-state index contributed by atoms with van der Waals surface area (Å²) in [4.78, 5) is 119. The van der Waals surface area contributed by atoms with Gasteiger partial charge in [-0.25, -0.2) is 4.99 Å². The minimum Gasteiger partial charge on any atom is -0.496 e. The summed E-state index contributed by atoms with van der Waals surface area (Å²) in [6.45, 7) is 14.9. The summed E-state index contributed by atoms with van der Waals surface area (Å²) in [6, 6.07) is 18.2. The minimum atomic E-state index is -1.32. The van der Waals surface area contributed by atoms with Crippen LogP contribution in [0.3, 0.4) is 0 Å². The van der Waals surface area contributed by atoms with E-state index in [2.05, 4.69) is 28.7 Å². The van der Waals surface area contributed by atoms with Crippen LogP contribution in [0.25, 0.3) is 0 Å². The number of benzene rings is 4. The van der Waals surface area contributed by atoms with Gasteiger partial charge in [0.2, 0.25) is 5.91 Å². The summed E-state index contributed by atoms with van der Waals surface area (Å²) in [5.41, 5.74) is 9.88. The molecule has 0 bridgehead atoms. The second-order valence-corrected chi connectivity index (χ2v) is 26.1. The molecule has 0 aliphatic heterocycles. The van der Waals surface area contributed by atoms with Crippen molar-refractivity contribution in [2.24, 2.45) is 39.4 Å². The summed E-state index contributed by atoms with van der Waals surface area (Å²) in [5.74, 6) is -4.76. The Morgan fingerprint density at radius 2 is 1.10 bits per heavy atom. The van der Waals surface area contributed by atoms with Crippen LogP contribution in [0.15, 0.2) is 82.8 Å². The van der Waals surface area contributed by atoms with Gasteiger partial charge in [-0.05, 0) is 186 Å². The largest absolute Gasteiger partial charge is 0.496 e. The van der Waals surface area contributed by atoms with E-state index in [0.29, 0.717) is 135 Å². The normalized spacial score (nSPS) is 12.5. The third kappa shape index (κ3) is 27.1. The Kier molecular flexibility index (Phi) is 37.5. The van der Waals surface area contributed by atoms with Gasteiger partial charge in [-0.3, -0.25) is 43.8 Å². The maximum Gasteiger partial charge on any atom is 0.229 e. The number of aliphatic imine (C=N–C) groups is 2. The highest BCUT2D eigenvalue weighted by Gasteiger charge is 2.34. The SMILES string of the molecule is C=NCCCCCCC(=O)c1cc(NC(=O)C(CCC)C(N)C(=O)c2cc(CC(=O)C(CCCCCC(=N)N=C)CCc3cc(C(=N)CC(=O)C(CCC)CC(=O)c4cc(C(=N)CC(=O)C(C)C(=N)C(=O)CCCCCC(=N)CCC)ccc4OC)ccc3OC)ccc2OC)ccc1OC. The van der Waals surface area contributed by atoms with Crippen LogP contribution in [0.5, 0.6) is 23.0 Å². The fourth-order valence-electron chi connectivity index (χ4n) is 12.5. The van der Waals surface area contributed by atoms with Crippen molar-refractivity contribution >= 4 is 94.2 Å². The molecule has 0 radical (unpaired) electrons. The van der Waals surface area contributed by atoms with Crippen LogP contribution in [0.2, 0.25) is 0 Å². The zero-order valence-corrected chi connectivity index (χ0v) is 60.9. The predicted molar refractivity (Wildman–Crippen MR) is 402 cm³/mol. The van der Waals surface area contributed by atoms with Crippen molar-refractivity contribution in [1.82, 2.24) is 0 Å². The van der Waals surface area contributed by atoms with E-state index in [-0.39, 0.29) is 107 Å². The third-order valence-corrected chi connectivity index (χ3v) is 18.5. The van der Waals surface area contributed by atoms with Gasteiger partial charge in [0.25, 0.3) is 0 Å². The smallest absolute Gasteiger partial charge is 0.229 e. The lowest BCUT2D eigenvalue weighted by Gasteiger charge is -2.23. The Labute approximate surface area is 597 Å². The van der Waals surface area contributed by atoms with E-state index in [1.165, 1.54) is 47.5 Å². The van der Waals surface area contributed by atoms with Gasteiger partial charge in [-0.2, -0.15) is 0 Å². The molecular weight excluding hydrogens is 1280 g/mol. The number of amides is 1. The van der Waals surface area contributed by atoms with E-state index in [4.69, 9.17) is 46.3 Å². The molecule has 0 spiro atoms. The standard InChI is InChI=1S/C80H109N9O12/c1-11-24-56(47-71(95)61-46-55(36-40-73(61)99-8)64(82)49-68(92)51(4)77(85)67(91)30-21-17-19-28-58(81)25-12-2)70(94)50-65(83)54-35-39-72(98-7)57(45-54)34-33-53(27-18-16-22-31-76(84)88-6)69(93)44-52-32-38-75(101-10)63(43-52)79(96)78(86)60(26-13-3)80(97)89-59-37-41-74(100-9)62(48-59)66(90)29-20-14-15-23-42-87-5/h32,35-41,43,45-46,48,51,53,56,60,78,81-85H,5-6,11-31,33-34,42,44,47,49-50,86H2,1-4,7-10H3,(H,89,97). The van der Waals surface area contributed by atoms with E-state index in [1.54, 1.807) is 60.7 Å². The number of methoxy groups -OCH3 is 4. The Morgan fingerprint density at radius 3 is 1.74 bits per heavy atom. The van der Waals surface area contributed by atoms with Crippen molar-refractivity contribution in [2.75, 3.05) is 40.3 Å². The summed E-state index contributed by atoms with van der Waals surface area (Å²) in [5, 5.41) is 45.4. The van der Waals surface area contributed by atoms with E-state index < -0.39 is 58.8 Å². The number of hydrogen-bond acceptors (Lipinski definition) is 19. The van der Waals surface area contributed by atoms with Crippen molar-refractivity contribution in [3.63, 3.8) is 0 Å². The van der Waals surface area contributed by atoms with Crippen molar-refractivity contribution in [1.29, 1.82) is 27.0 Å². The van der Waals surface area contributed by atoms with Crippen molar-refractivity contribution in [3.8, 4) is 23.0 Å². The first-order chi connectivity index (χ1) is 48.4.